The third kappa shape index (κ3) is 4.85. The van der Waals surface area contributed by atoms with Crippen molar-refractivity contribution in [1.82, 2.24) is 0 Å². The number of hydrogen-bond acceptors (Lipinski definition) is 2. The minimum atomic E-state index is -0.527. The molecule has 2 aliphatic rings. The van der Waals surface area contributed by atoms with Crippen LogP contribution in [0.3, 0.4) is 0 Å². The van der Waals surface area contributed by atoms with E-state index >= 15 is 0 Å². The van der Waals surface area contributed by atoms with E-state index in [1.807, 2.05) is 6.92 Å². The van der Waals surface area contributed by atoms with Crippen LogP contribution in [0.4, 0.5) is 4.39 Å². The van der Waals surface area contributed by atoms with Gasteiger partial charge in [-0.25, -0.2) is 4.39 Å². The molecule has 1 aromatic rings. The van der Waals surface area contributed by atoms with Crippen molar-refractivity contribution in [1.29, 1.82) is 0 Å². The van der Waals surface area contributed by atoms with Gasteiger partial charge in [-0.05, 0) is 81.3 Å². The number of rotatable bonds is 6. The van der Waals surface area contributed by atoms with Crippen molar-refractivity contribution >= 4 is 11.6 Å². The Morgan fingerprint density at radius 3 is 2.12 bits per heavy atom. The van der Waals surface area contributed by atoms with E-state index in [1.54, 1.807) is 12.1 Å². The van der Waals surface area contributed by atoms with Crippen LogP contribution in [-0.2, 0) is 0 Å². The summed E-state index contributed by atoms with van der Waals surface area (Å²) in [5.74, 6) is 3.42. The lowest BCUT2D eigenvalue weighted by molar-refractivity contribution is 0.126. The molecule has 2 nitrogen and oxygen atoms in total. The molecule has 26 heavy (non-hydrogen) atoms. The molecule has 0 bridgehead atoms. The molecule has 0 unspecified atom stereocenters. The van der Waals surface area contributed by atoms with Crippen molar-refractivity contribution in [3.05, 3.63) is 23.0 Å². The number of benzene rings is 1. The maximum atomic E-state index is 14.2. The van der Waals surface area contributed by atoms with Gasteiger partial charge < -0.3 is 9.47 Å². The summed E-state index contributed by atoms with van der Waals surface area (Å²) in [4.78, 5) is 0. The third-order valence-corrected chi connectivity index (χ3v) is 6.76. The molecule has 1 aromatic carbocycles. The summed E-state index contributed by atoms with van der Waals surface area (Å²) in [6, 6.07) is 3.31. The first-order valence-corrected chi connectivity index (χ1v) is 10.7. The smallest absolute Gasteiger partial charge is 0.187 e. The van der Waals surface area contributed by atoms with Crippen LogP contribution in [0.1, 0.15) is 65.2 Å². The molecular weight excluding hydrogens is 351 g/mol. The van der Waals surface area contributed by atoms with E-state index in [1.165, 1.54) is 51.4 Å². The molecule has 0 heterocycles. The van der Waals surface area contributed by atoms with Crippen molar-refractivity contribution in [3.63, 3.8) is 0 Å². The SMILES string of the molecule is CCOc1ccc(OCC2CCC(C3CCC(C)CC3)CC2)c(Cl)c1F. The van der Waals surface area contributed by atoms with E-state index in [2.05, 4.69) is 6.92 Å². The predicted molar refractivity (Wildman–Crippen MR) is 105 cm³/mol. The van der Waals surface area contributed by atoms with E-state index in [0.29, 0.717) is 24.9 Å². The Labute approximate surface area is 162 Å². The molecule has 0 amide bonds. The van der Waals surface area contributed by atoms with Crippen LogP contribution in [-0.4, -0.2) is 13.2 Å². The van der Waals surface area contributed by atoms with E-state index < -0.39 is 5.82 Å². The van der Waals surface area contributed by atoms with Gasteiger partial charge >= 0.3 is 0 Å². The van der Waals surface area contributed by atoms with Crippen LogP contribution in [0.2, 0.25) is 5.02 Å². The van der Waals surface area contributed by atoms with Crippen molar-refractivity contribution < 1.29 is 13.9 Å². The first-order valence-electron chi connectivity index (χ1n) is 10.3. The summed E-state index contributed by atoms with van der Waals surface area (Å²) in [6.07, 6.45) is 10.7. The van der Waals surface area contributed by atoms with Gasteiger partial charge in [0.2, 0.25) is 0 Å². The molecule has 0 saturated heterocycles. The van der Waals surface area contributed by atoms with Gasteiger partial charge in [-0.15, -0.1) is 0 Å². The Bertz CT molecular complexity index is 576. The first-order chi connectivity index (χ1) is 12.6. The van der Waals surface area contributed by atoms with Gasteiger partial charge in [-0.2, -0.15) is 0 Å². The molecule has 0 spiro atoms. The molecule has 3 rings (SSSR count). The second kappa shape index (κ2) is 9.30. The standard InChI is InChI=1S/C22H32ClFO2/c1-3-25-20-13-12-19(21(23)22(20)24)26-14-16-6-10-18(11-7-16)17-8-4-15(2)5-9-17/h12-13,15-18H,3-11,14H2,1-2H3. The summed E-state index contributed by atoms with van der Waals surface area (Å²) in [5, 5.41) is 0.0287. The summed E-state index contributed by atoms with van der Waals surface area (Å²) >= 11 is 6.11. The highest BCUT2D eigenvalue weighted by atomic mass is 35.5. The average Bonchev–Trinajstić information content (AvgIpc) is 2.66. The normalized spacial score (nSPS) is 29.4. The summed E-state index contributed by atoms with van der Waals surface area (Å²) in [5.41, 5.74) is 0. The quantitative estimate of drug-likeness (QED) is 0.533. The van der Waals surface area contributed by atoms with Gasteiger partial charge in [0.05, 0.1) is 13.2 Å². The zero-order valence-corrected chi connectivity index (χ0v) is 16.9. The molecule has 2 fully saturated rings. The Morgan fingerprint density at radius 1 is 0.923 bits per heavy atom. The minimum absolute atomic E-state index is 0.0287. The molecule has 0 N–H and O–H groups in total. The molecule has 146 valence electrons. The molecule has 2 saturated carbocycles. The fourth-order valence-electron chi connectivity index (χ4n) is 4.68. The van der Waals surface area contributed by atoms with Crippen LogP contribution in [0.15, 0.2) is 12.1 Å². The van der Waals surface area contributed by atoms with Crippen LogP contribution in [0.25, 0.3) is 0 Å². The zero-order chi connectivity index (χ0) is 18.5. The lowest BCUT2D eigenvalue weighted by atomic mass is 9.69. The largest absolute Gasteiger partial charge is 0.492 e. The van der Waals surface area contributed by atoms with Crippen LogP contribution in [0, 0.1) is 29.5 Å². The van der Waals surface area contributed by atoms with E-state index in [4.69, 9.17) is 21.1 Å². The zero-order valence-electron chi connectivity index (χ0n) is 16.1. The summed E-state index contributed by atoms with van der Waals surface area (Å²) < 4.78 is 25.2. The number of ether oxygens (including phenoxy) is 2. The van der Waals surface area contributed by atoms with Crippen LogP contribution in [0.5, 0.6) is 11.5 Å². The lowest BCUT2D eigenvalue weighted by Crippen LogP contribution is -2.27. The van der Waals surface area contributed by atoms with E-state index in [0.717, 1.165) is 17.8 Å². The van der Waals surface area contributed by atoms with E-state index in [9.17, 15) is 4.39 Å². The summed E-state index contributed by atoms with van der Waals surface area (Å²) in [6.45, 7) is 5.25. The topological polar surface area (TPSA) is 18.5 Å². The van der Waals surface area contributed by atoms with Gasteiger partial charge in [-0.3, -0.25) is 0 Å². The van der Waals surface area contributed by atoms with E-state index in [-0.39, 0.29) is 10.8 Å². The van der Waals surface area contributed by atoms with Gasteiger partial charge in [0, 0.05) is 0 Å². The maximum absolute atomic E-state index is 14.2. The van der Waals surface area contributed by atoms with Crippen molar-refractivity contribution in [2.75, 3.05) is 13.2 Å². The molecular formula is C22H32ClFO2. The Kier molecular flexibility index (Phi) is 7.08. The van der Waals surface area contributed by atoms with Gasteiger partial charge in [0.25, 0.3) is 0 Å². The number of hydrogen-bond donors (Lipinski definition) is 0. The van der Waals surface area contributed by atoms with Crippen LogP contribution < -0.4 is 9.47 Å². The van der Waals surface area contributed by atoms with Gasteiger partial charge in [0.15, 0.2) is 11.6 Å². The second-order valence-corrected chi connectivity index (χ2v) is 8.61. The lowest BCUT2D eigenvalue weighted by Gasteiger charge is -2.37. The highest BCUT2D eigenvalue weighted by Crippen LogP contribution is 2.41. The summed E-state index contributed by atoms with van der Waals surface area (Å²) in [7, 11) is 0. The highest BCUT2D eigenvalue weighted by Gasteiger charge is 2.30. The molecule has 0 aliphatic heterocycles. The Balaban J connectivity index is 1.46. The maximum Gasteiger partial charge on any atom is 0.187 e. The fourth-order valence-corrected chi connectivity index (χ4v) is 4.89. The monoisotopic (exact) mass is 382 g/mol. The molecule has 0 aromatic heterocycles. The van der Waals surface area contributed by atoms with Gasteiger partial charge in [0.1, 0.15) is 10.8 Å². The Morgan fingerprint density at radius 2 is 1.50 bits per heavy atom. The first kappa shape index (κ1) is 19.8. The van der Waals surface area contributed by atoms with Crippen LogP contribution >= 0.6 is 11.6 Å². The average molecular weight is 383 g/mol. The predicted octanol–water partition coefficient (Wildman–Crippen LogP) is 6.89. The second-order valence-electron chi connectivity index (χ2n) is 8.23. The molecule has 0 atom stereocenters. The highest BCUT2D eigenvalue weighted by molar-refractivity contribution is 6.32. The van der Waals surface area contributed by atoms with Gasteiger partial charge in [-0.1, -0.05) is 31.4 Å². The third-order valence-electron chi connectivity index (χ3n) is 6.40. The molecule has 2 aliphatic carbocycles. The molecule has 4 heteroatoms. The van der Waals surface area contributed by atoms with Crippen molar-refractivity contribution in [2.24, 2.45) is 23.7 Å². The minimum Gasteiger partial charge on any atom is -0.492 e. The van der Waals surface area contributed by atoms with Crippen molar-refractivity contribution in [3.8, 4) is 11.5 Å². The molecule has 0 radical (unpaired) electrons. The van der Waals surface area contributed by atoms with Crippen molar-refractivity contribution in [2.45, 2.75) is 65.2 Å². The fraction of sp³-hybridized carbons (Fsp3) is 0.727. The Hall–Kier alpha value is -0.960. The number of halogens is 2.